The molecule has 0 heterocycles. The molecule has 1 aromatic carbocycles. The normalized spacial score (nSPS) is 9.78. The van der Waals surface area contributed by atoms with Gasteiger partial charge in [0.2, 0.25) is 0 Å². The molecular weight excluding hydrogens is 277 g/mol. The Morgan fingerprint density at radius 2 is 1.89 bits per heavy atom. The summed E-state index contributed by atoms with van der Waals surface area (Å²) in [7, 11) is 4.00. The van der Waals surface area contributed by atoms with Crippen LogP contribution in [-0.2, 0) is 9.53 Å². The maximum absolute atomic E-state index is 11.3. The molecule has 0 amide bonds. The van der Waals surface area contributed by atoms with Gasteiger partial charge < -0.3 is 26.8 Å². The number of likely N-dealkylation sites (N-methyl/N-ethyl adjacent to an activating group) is 1. The summed E-state index contributed by atoms with van der Waals surface area (Å²) in [5, 5.41) is 0.633. The summed E-state index contributed by atoms with van der Waals surface area (Å²) in [5.41, 5.74) is 0. The van der Waals surface area contributed by atoms with Crippen LogP contribution in [0.1, 0.15) is 0 Å². The van der Waals surface area contributed by atoms with E-state index in [9.17, 15) is 4.79 Å². The highest BCUT2D eigenvalue weighted by atomic mass is 35.5. The Balaban J connectivity index is 0.00000289. The number of quaternary nitrogens is 1. The number of benzene rings is 1. The monoisotopic (exact) mass is 293 g/mol. The van der Waals surface area contributed by atoms with E-state index in [4.69, 9.17) is 21.1 Å². The lowest BCUT2D eigenvalue weighted by Gasteiger charge is -2.09. The van der Waals surface area contributed by atoms with Crippen LogP contribution < -0.4 is 22.0 Å². The molecule has 0 aliphatic heterocycles. The number of halogens is 2. The minimum absolute atomic E-state index is 0. The highest BCUT2D eigenvalue weighted by Gasteiger charge is 2.05. The van der Waals surface area contributed by atoms with Gasteiger partial charge >= 0.3 is 5.97 Å². The van der Waals surface area contributed by atoms with Crippen LogP contribution in [0.5, 0.6) is 5.75 Å². The zero-order valence-corrected chi connectivity index (χ0v) is 11.9. The number of carbonyl (C=O) groups is 1. The van der Waals surface area contributed by atoms with Crippen molar-refractivity contribution >= 4 is 17.6 Å². The van der Waals surface area contributed by atoms with Gasteiger partial charge in [-0.1, -0.05) is 11.6 Å². The van der Waals surface area contributed by atoms with Crippen LogP contribution in [0.25, 0.3) is 0 Å². The zero-order valence-electron chi connectivity index (χ0n) is 10.4. The Kier molecular flexibility index (Phi) is 8.54. The van der Waals surface area contributed by atoms with E-state index in [0.717, 1.165) is 6.54 Å². The summed E-state index contributed by atoms with van der Waals surface area (Å²) >= 11 is 5.72. The lowest BCUT2D eigenvalue weighted by atomic mass is 10.3. The largest absolute Gasteiger partial charge is 1.00 e. The van der Waals surface area contributed by atoms with E-state index in [-0.39, 0.29) is 25.0 Å². The minimum atomic E-state index is -0.360. The van der Waals surface area contributed by atoms with Crippen molar-refractivity contribution in [1.82, 2.24) is 0 Å². The van der Waals surface area contributed by atoms with Gasteiger partial charge in [-0.15, -0.1) is 0 Å². The van der Waals surface area contributed by atoms with Crippen LogP contribution >= 0.6 is 11.6 Å². The second kappa shape index (κ2) is 9.03. The van der Waals surface area contributed by atoms with Crippen LogP contribution in [0.3, 0.4) is 0 Å². The Bertz CT molecular complexity index is 355. The van der Waals surface area contributed by atoms with Gasteiger partial charge in [0.05, 0.1) is 14.1 Å². The molecule has 0 aliphatic carbocycles. The zero-order chi connectivity index (χ0) is 12.7. The molecule has 0 saturated carbocycles. The molecule has 0 unspecified atom stereocenters. The van der Waals surface area contributed by atoms with E-state index in [1.165, 1.54) is 4.90 Å². The van der Waals surface area contributed by atoms with Crippen LogP contribution in [0.2, 0.25) is 5.02 Å². The SMILES string of the molecule is C[NH+](C)CCOC(=O)COc1ccc(Cl)cc1.[Cl-]. The maximum atomic E-state index is 11.3. The molecule has 1 aromatic rings. The first kappa shape index (κ1) is 17.0. The number of hydrogen-bond donors (Lipinski definition) is 1. The fourth-order valence-corrected chi connectivity index (χ4v) is 1.21. The standard InChI is InChI=1S/C12H16ClNO3.ClH/c1-14(2)7-8-16-12(15)9-17-11-5-3-10(13)4-6-11;/h3-6H,7-9H2,1-2H3;1H. The first-order valence-electron chi connectivity index (χ1n) is 5.41. The molecule has 0 radical (unpaired) electrons. The van der Waals surface area contributed by atoms with E-state index in [1.54, 1.807) is 24.3 Å². The van der Waals surface area contributed by atoms with E-state index in [1.807, 2.05) is 14.1 Å². The number of esters is 1. The van der Waals surface area contributed by atoms with Crippen LogP contribution in [0.4, 0.5) is 0 Å². The van der Waals surface area contributed by atoms with Gasteiger partial charge in [0, 0.05) is 5.02 Å². The summed E-state index contributed by atoms with van der Waals surface area (Å²) in [6.45, 7) is 1.11. The Morgan fingerprint density at radius 1 is 1.28 bits per heavy atom. The van der Waals surface area contributed by atoms with E-state index in [0.29, 0.717) is 17.4 Å². The van der Waals surface area contributed by atoms with Crippen LogP contribution in [0.15, 0.2) is 24.3 Å². The van der Waals surface area contributed by atoms with Gasteiger partial charge in [0.15, 0.2) is 6.61 Å². The molecule has 6 heteroatoms. The van der Waals surface area contributed by atoms with Crippen LogP contribution in [-0.4, -0.2) is 39.8 Å². The predicted molar refractivity (Wildman–Crippen MR) is 65.6 cm³/mol. The minimum Gasteiger partial charge on any atom is -1.00 e. The molecule has 18 heavy (non-hydrogen) atoms. The Labute approximate surface area is 118 Å². The van der Waals surface area contributed by atoms with Crippen LogP contribution in [0, 0.1) is 0 Å². The van der Waals surface area contributed by atoms with Gasteiger partial charge in [0.1, 0.15) is 18.9 Å². The molecule has 102 valence electrons. The molecule has 0 bridgehead atoms. The number of rotatable bonds is 6. The first-order valence-corrected chi connectivity index (χ1v) is 5.79. The summed E-state index contributed by atoms with van der Waals surface area (Å²) in [6, 6.07) is 6.83. The molecule has 0 fully saturated rings. The average molecular weight is 294 g/mol. The molecule has 0 aromatic heterocycles. The number of hydrogen-bond acceptors (Lipinski definition) is 3. The molecule has 0 aliphatic rings. The first-order chi connectivity index (χ1) is 8.08. The molecule has 1 N–H and O–H groups in total. The van der Waals surface area contributed by atoms with Crippen molar-refractivity contribution < 1.29 is 31.6 Å². The van der Waals surface area contributed by atoms with Gasteiger partial charge in [-0.05, 0) is 24.3 Å². The van der Waals surface area contributed by atoms with E-state index < -0.39 is 0 Å². The van der Waals surface area contributed by atoms with Crippen molar-refractivity contribution in [3.63, 3.8) is 0 Å². The van der Waals surface area contributed by atoms with Crippen molar-refractivity contribution in [2.24, 2.45) is 0 Å². The fourth-order valence-electron chi connectivity index (χ4n) is 1.08. The Morgan fingerprint density at radius 3 is 2.44 bits per heavy atom. The highest BCUT2D eigenvalue weighted by Crippen LogP contribution is 2.15. The van der Waals surface area contributed by atoms with Crippen molar-refractivity contribution in [3.05, 3.63) is 29.3 Å². The van der Waals surface area contributed by atoms with Gasteiger partial charge in [-0.25, -0.2) is 4.79 Å². The highest BCUT2D eigenvalue weighted by molar-refractivity contribution is 6.30. The van der Waals surface area contributed by atoms with Crippen molar-refractivity contribution in [2.45, 2.75) is 0 Å². The molecular formula is C12H17Cl2NO3. The lowest BCUT2D eigenvalue weighted by Crippen LogP contribution is -3.06. The number of carbonyl (C=O) groups excluding carboxylic acids is 1. The van der Waals surface area contributed by atoms with Gasteiger partial charge in [-0.3, -0.25) is 0 Å². The molecule has 4 nitrogen and oxygen atoms in total. The smallest absolute Gasteiger partial charge is 0.344 e. The average Bonchev–Trinajstić information content (AvgIpc) is 2.28. The second-order valence-electron chi connectivity index (χ2n) is 3.92. The molecule has 0 spiro atoms. The summed E-state index contributed by atoms with van der Waals surface area (Å²) in [6.07, 6.45) is 0. The molecule has 0 atom stereocenters. The van der Waals surface area contributed by atoms with Gasteiger partial charge in [-0.2, -0.15) is 0 Å². The predicted octanol–water partition coefficient (Wildman–Crippen LogP) is -2.59. The number of nitrogens with one attached hydrogen (secondary N) is 1. The van der Waals surface area contributed by atoms with Gasteiger partial charge in [0.25, 0.3) is 0 Å². The quantitative estimate of drug-likeness (QED) is 0.586. The van der Waals surface area contributed by atoms with E-state index >= 15 is 0 Å². The lowest BCUT2D eigenvalue weighted by molar-refractivity contribution is -0.858. The Hall–Kier alpha value is -0.970. The third-order valence-corrected chi connectivity index (χ3v) is 2.29. The topological polar surface area (TPSA) is 40.0 Å². The maximum Gasteiger partial charge on any atom is 0.344 e. The fraction of sp³-hybridized carbons (Fsp3) is 0.417. The third-order valence-electron chi connectivity index (χ3n) is 2.04. The van der Waals surface area contributed by atoms with Crippen molar-refractivity contribution in [1.29, 1.82) is 0 Å². The van der Waals surface area contributed by atoms with Crippen molar-refractivity contribution in [2.75, 3.05) is 33.9 Å². The number of ether oxygens (including phenoxy) is 2. The molecule has 0 saturated heterocycles. The van der Waals surface area contributed by atoms with Crippen molar-refractivity contribution in [3.8, 4) is 5.75 Å². The summed E-state index contributed by atoms with van der Waals surface area (Å²) in [5.74, 6) is 0.241. The summed E-state index contributed by atoms with van der Waals surface area (Å²) in [4.78, 5) is 12.5. The molecule has 1 rings (SSSR count). The second-order valence-corrected chi connectivity index (χ2v) is 4.36. The third kappa shape index (κ3) is 7.37. The summed E-state index contributed by atoms with van der Waals surface area (Å²) < 4.78 is 10.2. The van der Waals surface area contributed by atoms with E-state index in [2.05, 4.69) is 0 Å².